The summed E-state index contributed by atoms with van der Waals surface area (Å²) >= 11 is 6.36. The molecule has 0 unspecified atom stereocenters. The smallest absolute Gasteiger partial charge is 0.243 e. The Morgan fingerprint density at radius 2 is 1.68 bits per heavy atom. The van der Waals surface area contributed by atoms with Crippen LogP contribution in [0.25, 0.3) is 0 Å². The van der Waals surface area contributed by atoms with Crippen LogP contribution in [0.1, 0.15) is 0 Å². The zero-order valence-electron chi connectivity index (χ0n) is 16.9. The second kappa shape index (κ2) is 9.72. The summed E-state index contributed by atoms with van der Waals surface area (Å²) in [5.41, 5.74) is 0.803. The highest BCUT2D eigenvalue weighted by atomic mass is 35.5. The number of sulfone groups is 1. The second-order valence-electron chi connectivity index (χ2n) is 6.40. The molecule has 3 aromatic rings. The molecule has 0 atom stereocenters. The van der Waals surface area contributed by atoms with E-state index in [0.717, 1.165) is 0 Å². The number of benzene rings is 3. The number of methoxy groups -OCH3 is 2. The van der Waals surface area contributed by atoms with Crippen molar-refractivity contribution in [3.05, 3.63) is 71.8 Å². The molecule has 7 nitrogen and oxygen atoms in total. The van der Waals surface area contributed by atoms with Crippen LogP contribution in [0.3, 0.4) is 0 Å². The van der Waals surface area contributed by atoms with Crippen LogP contribution in [0, 0.1) is 0 Å². The molecule has 0 aliphatic rings. The maximum Gasteiger partial charge on any atom is 0.243 e. The number of hydrogen-bond donors (Lipinski definition) is 2. The van der Waals surface area contributed by atoms with E-state index in [0.29, 0.717) is 22.9 Å². The lowest BCUT2D eigenvalue weighted by atomic mass is 10.2. The van der Waals surface area contributed by atoms with Crippen LogP contribution in [0.2, 0.25) is 5.02 Å². The largest absolute Gasteiger partial charge is 0.497 e. The van der Waals surface area contributed by atoms with Gasteiger partial charge in [-0.05, 0) is 36.4 Å². The zero-order valence-corrected chi connectivity index (χ0v) is 18.5. The average molecular weight is 461 g/mol. The molecule has 0 aromatic heterocycles. The summed E-state index contributed by atoms with van der Waals surface area (Å²) < 4.78 is 36.2. The highest BCUT2D eigenvalue weighted by Gasteiger charge is 2.22. The molecule has 9 heteroatoms. The van der Waals surface area contributed by atoms with Crippen molar-refractivity contribution in [3.63, 3.8) is 0 Å². The first-order chi connectivity index (χ1) is 14.9. The summed E-state index contributed by atoms with van der Waals surface area (Å²) in [4.78, 5) is 12.5. The van der Waals surface area contributed by atoms with Crippen molar-refractivity contribution in [1.82, 2.24) is 0 Å². The van der Waals surface area contributed by atoms with Gasteiger partial charge in [-0.2, -0.15) is 0 Å². The Morgan fingerprint density at radius 1 is 0.935 bits per heavy atom. The fourth-order valence-corrected chi connectivity index (χ4v) is 4.72. The van der Waals surface area contributed by atoms with Crippen molar-refractivity contribution in [1.29, 1.82) is 0 Å². The van der Waals surface area contributed by atoms with Crippen molar-refractivity contribution >= 4 is 38.7 Å². The fraction of sp³-hybridized carbons (Fsp3) is 0.136. The van der Waals surface area contributed by atoms with Gasteiger partial charge in [0.05, 0.1) is 47.0 Å². The summed E-state index contributed by atoms with van der Waals surface area (Å²) in [7, 11) is -0.774. The van der Waals surface area contributed by atoms with Crippen LogP contribution in [0.5, 0.6) is 11.5 Å². The van der Waals surface area contributed by atoms with Crippen LogP contribution in [0.4, 0.5) is 11.4 Å². The third kappa shape index (κ3) is 5.10. The number of carbonyl (C=O) groups excluding carboxylic acids is 1. The minimum Gasteiger partial charge on any atom is -0.497 e. The summed E-state index contributed by atoms with van der Waals surface area (Å²) in [6.07, 6.45) is 0. The van der Waals surface area contributed by atoms with Crippen molar-refractivity contribution in [2.24, 2.45) is 0 Å². The van der Waals surface area contributed by atoms with E-state index < -0.39 is 9.84 Å². The van der Waals surface area contributed by atoms with Gasteiger partial charge in [0.15, 0.2) is 0 Å². The molecule has 2 N–H and O–H groups in total. The Hall–Kier alpha value is -3.23. The number of nitrogens with one attached hydrogen (secondary N) is 2. The third-order valence-electron chi connectivity index (χ3n) is 4.43. The summed E-state index contributed by atoms with van der Waals surface area (Å²) in [5, 5.41) is 5.63. The van der Waals surface area contributed by atoms with E-state index in [1.807, 2.05) is 0 Å². The van der Waals surface area contributed by atoms with Gasteiger partial charge in [0.25, 0.3) is 0 Å². The van der Waals surface area contributed by atoms with E-state index >= 15 is 0 Å². The third-order valence-corrected chi connectivity index (χ3v) is 6.76. The molecule has 1 amide bonds. The molecule has 0 bridgehead atoms. The molecule has 0 saturated heterocycles. The van der Waals surface area contributed by atoms with Gasteiger partial charge in [0.1, 0.15) is 11.5 Å². The molecule has 0 spiro atoms. The second-order valence-corrected chi connectivity index (χ2v) is 8.70. The highest BCUT2D eigenvalue weighted by Crippen LogP contribution is 2.33. The van der Waals surface area contributed by atoms with Gasteiger partial charge in [-0.25, -0.2) is 8.42 Å². The van der Waals surface area contributed by atoms with Gasteiger partial charge in [0, 0.05) is 6.07 Å². The molecular weight excluding hydrogens is 440 g/mol. The monoisotopic (exact) mass is 460 g/mol. The van der Waals surface area contributed by atoms with Crippen LogP contribution >= 0.6 is 11.6 Å². The molecule has 0 aliphatic carbocycles. The van der Waals surface area contributed by atoms with Gasteiger partial charge < -0.3 is 20.1 Å². The van der Waals surface area contributed by atoms with Crippen LogP contribution in [-0.2, 0) is 14.6 Å². The first kappa shape index (κ1) is 22.5. The number of amides is 1. The van der Waals surface area contributed by atoms with Gasteiger partial charge in [0.2, 0.25) is 15.7 Å². The van der Waals surface area contributed by atoms with Crippen LogP contribution < -0.4 is 20.1 Å². The minimum absolute atomic E-state index is 0.0150. The topological polar surface area (TPSA) is 93.7 Å². The predicted octanol–water partition coefficient (Wildman–Crippen LogP) is 4.24. The number of carbonyl (C=O) groups is 1. The minimum atomic E-state index is -3.80. The van der Waals surface area contributed by atoms with Gasteiger partial charge >= 0.3 is 0 Å². The maximum absolute atomic E-state index is 12.9. The van der Waals surface area contributed by atoms with E-state index in [1.54, 1.807) is 48.5 Å². The molecule has 0 fully saturated rings. The number of rotatable bonds is 8. The van der Waals surface area contributed by atoms with Gasteiger partial charge in [-0.3, -0.25) is 4.79 Å². The van der Waals surface area contributed by atoms with E-state index in [1.165, 1.54) is 32.4 Å². The van der Waals surface area contributed by atoms with Crippen LogP contribution in [-0.4, -0.2) is 35.1 Å². The number of ether oxygens (including phenoxy) is 2. The SMILES string of the molecule is COc1ccc(NC(=O)CNc2cccc(S(=O)(=O)c3ccccc3)c2Cl)c(OC)c1. The quantitative estimate of drug-likeness (QED) is 0.522. The van der Waals surface area contributed by atoms with E-state index in [4.69, 9.17) is 21.1 Å². The molecule has 162 valence electrons. The molecule has 0 radical (unpaired) electrons. The summed E-state index contributed by atoms with van der Waals surface area (Å²) in [6.45, 7) is -0.135. The molecule has 0 aliphatic heterocycles. The van der Waals surface area contributed by atoms with Crippen molar-refractivity contribution in [3.8, 4) is 11.5 Å². The Labute approximate surface area is 185 Å². The number of anilines is 2. The average Bonchev–Trinajstić information content (AvgIpc) is 2.79. The first-order valence-corrected chi connectivity index (χ1v) is 11.1. The first-order valence-electron chi connectivity index (χ1n) is 9.21. The standard InChI is InChI=1S/C22H21ClN2O5S/c1-29-15-11-12-17(19(13-15)30-2)25-21(26)14-24-18-9-6-10-20(22(18)23)31(27,28)16-7-4-3-5-8-16/h3-13,24H,14H2,1-2H3,(H,25,26). The molecule has 0 saturated carbocycles. The lowest BCUT2D eigenvalue weighted by molar-refractivity contribution is -0.114. The predicted molar refractivity (Wildman–Crippen MR) is 120 cm³/mol. The molecular formula is C22H21ClN2O5S. The van der Waals surface area contributed by atoms with Crippen LogP contribution in [0.15, 0.2) is 76.5 Å². The van der Waals surface area contributed by atoms with Gasteiger partial charge in [-0.1, -0.05) is 35.9 Å². The lowest BCUT2D eigenvalue weighted by Crippen LogP contribution is -2.22. The number of halogens is 1. The van der Waals surface area contributed by atoms with Crippen molar-refractivity contribution < 1.29 is 22.7 Å². The Balaban J connectivity index is 1.75. The molecule has 0 heterocycles. The Kier molecular flexibility index (Phi) is 7.04. The van der Waals surface area contributed by atoms with E-state index in [2.05, 4.69) is 10.6 Å². The number of hydrogen-bond acceptors (Lipinski definition) is 6. The Bertz CT molecular complexity index is 1180. The normalized spacial score (nSPS) is 10.9. The van der Waals surface area contributed by atoms with Crippen molar-refractivity contribution in [2.75, 3.05) is 31.4 Å². The van der Waals surface area contributed by atoms with E-state index in [9.17, 15) is 13.2 Å². The maximum atomic E-state index is 12.9. The zero-order chi connectivity index (χ0) is 22.4. The Morgan fingerprint density at radius 3 is 2.35 bits per heavy atom. The fourth-order valence-electron chi connectivity index (χ4n) is 2.85. The van der Waals surface area contributed by atoms with E-state index in [-0.39, 0.29) is 27.3 Å². The molecule has 31 heavy (non-hydrogen) atoms. The lowest BCUT2D eigenvalue weighted by Gasteiger charge is -2.14. The summed E-state index contributed by atoms with van der Waals surface area (Å²) in [6, 6.07) is 17.6. The molecule has 3 rings (SSSR count). The highest BCUT2D eigenvalue weighted by molar-refractivity contribution is 7.91. The molecule has 3 aromatic carbocycles. The van der Waals surface area contributed by atoms with Crippen molar-refractivity contribution in [2.45, 2.75) is 9.79 Å². The summed E-state index contributed by atoms with van der Waals surface area (Å²) in [5.74, 6) is 0.675. The van der Waals surface area contributed by atoms with Gasteiger partial charge in [-0.15, -0.1) is 0 Å².